The van der Waals surface area contributed by atoms with E-state index in [1.165, 1.54) is 13.0 Å². The molecule has 0 aliphatic rings. The van der Waals surface area contributed by atoms with Crippen LogP contribution in [-0.2, 0) is 0 Å². The minimum Gasteiger partial charge on any atom is -0.351 e. The van der Waals surface area contributed by atoms with E-state index >= 15 is 0 Å². The molecule has 0 radical (unpaired) electrons. The number of carbonyl (C=O) groups is 1. The highest BCUT2D eigenvalue weighted by atomic mass is 79.9. The second kappa shape index (κ2) is 7.16. The van der Waals surface area contributed by atoms with Gasteiger partial charge in [0.15, 0.2) is 0 Å². The smallest absolute Gasteiger partial charge is 0.257 e. The van der Waals surface area contributed by atoms with E-state index in [2.05, 4.69) is 21.2 Å². The van der Waals surface area contributed by atoms with E-state index in [1.807, 2.05) is 13.8 Å². The maximum absolute atomic E-state index is 13.8. The Hall–Kier alpha value is -0.970. The van der Waals surface area contributed by atoms with Crippen LogP contribution in [0.5, 0.6) is 0 Å². The van der Waals surface area contributed by atoms with Crippen molar-refractivity contribution in [3.8, 4) is 0 Å². The summed E-state index contributed by atoms with van der Waals surface area (Å²) in [5.41, 5.74) is -0.350. The molecule has 0 aromatic heterocycles. The summed E-state index contributed by atoms with van der Waals surface area (Å²) in [6.07, 6.45) is 1.90. The highest BCUT2D eigenvalue weighted by Gasteiger charge is 2.22. The van der Waals surface area contributed by atoms with Gasteiger partial charge in [0.25, 0.3) is 5.91 Å². The molecule has 0 spiro atoms. The van der Waals surface area contributed by atoms with Crippen molar-refractivity contribution < 1.29 is 13.6 Å². The maximum Gasteiger partial charge on any atom is 0.257 e. The second-order valence-corrected chi connectivity index (χ2v) is 6.49. The molecule has 1 amide bonds. The predicted molar refractivity (Wildman–Crippen MR) is 80.2 cm³/mol. The van der Waals surface area contributed by atoms with Gasteiger partial charge in [0.1, 0.15) is 17.2 Å². The molecular formula is C15H20BrF2NO. The molecule has 112 valence electrons. The van der Waals surface area contributed by atoms with Crippen molar-refractivity contribution in [2.24, 2.45) is 5.41 Å². The van der Waals surface area contributed by atoms with Crippen molar-refractivity contribution in [1.29, 1.82) is 0 Å². The standard InChI is InChI=1S/C15H20BrF2NO/c1-10-5-6-11(17)12(13(10)18)14(20)19-9-15(2,3)7-4-8-16/h5-6H,4,7-9H2,1-3H3,(H,19,20). The molecule has 0 bridgehead atoms. The Balaban J connectivity index is 2.75. The van der Waals surface area contributed by atoms with Crippen molar-refractivity contribution in [2.75, 3.05) is 11.9 Å². The Morgan fingerprint density at radius 1 is 1.35 bits per heavy atom. The number of amides is 1. The first kappa shape index (κ1) is 17.1. The molecule has 20 heavy (non-hydrogen) atoms. The normalized spacial score (nSPS) is 11.5. The predicted octanol–water partition coefficient (Wildman–Crippen LogP) is 4.20. The van der Waals surface area contributed by atoms with Crippen LogP contribution in [0, 0.1) is 24.0 Å². The first-order valence-corrected chi connectivity index (χ1v) is 7.69. The molecule has 0 unspecified atom stereocenters. The number of alkyl halides is 1. The lowest BCUT2D eigenvalue weighted by molar-refractivity contribution is 0.0926. The summed E-state index contributed by atoms with van der Waals surface area (Å²) < 4.78 is 27.4. The van der Waals surface area contributed by atoms with Crippen LogP contribution in [0.3, 0.4) is 0 Å². The molecule has 0 atom stereocenters. The average Bonchev–Trinajstić information content (AvgIpc) is 2.39. The van der Waals surface area contributed by atoms with Crippen molar-refractivity contribution in [1.82, 2.24) is 5.32 Å². The lowest BCUT2D eigenvalue weighted by atomic mass is 9.88. The number of aryl methyl sites for hydroxylation is 1. The molecule has 0 aliphatic heterocycles. The number of hydrogen-bond acceptors (Lipinski definition) is 1. The van der Waals surface area contributed by atoms with Crippen LogP contribution in [0.1, 0.15) is 42.6 Å². The van der Waals surface area contributed by atoms with Crippen LogP contribution in [0.15, 0.2) is 12.1 Å². The zero-order chi connectivity index (χ0) is 15.3. The number of rotatable bonds is 6. The SMILES string of the molecule is Cc1ccc(F)c(C(=O)NCC(C)(C)CCCBr)c1F. The van der Waals surface area contributed by atoms with Gasteiger partial charge in [-0.15, -0.1) is 0 Å². The third-order valence-corrected chi connectivity index (χ3v) is 3.79. The molecular weight excluding hydrogens is 328 g/mol. The van der Waals surface area contributed by atoms with Gasteiger partial charge in [-0.1, -0.05) is 35.8 Å². The van der Waals surface area contributed by atoms with E-state index in [0.29, 0.717) is 6.54 Å². The molecule has 0 aliphatic carbocycles. The number of carbonyl (C=O) groups excluding carboxylic acids is 1. The van der Waals surface area contributed by atoms with Crippen LogP contribution in [-0.4, -0.2) is 17.8 Å². The Morgan fingerprint density at radius 2 is 2.00 bits per heavy atom. The summed E-state index contributed by atoms with van der Waals surface area (Å²) in [6, 6.07) is 2.44. The Morgan fingerprint density at radius 3 is 2.60 bits per heavy atom. The molecule has 0 saturated heterocycles. The summed E-state index contributed by atoms with van der Waals surface area (Å²) in [6.45, 7) is 5.91. The van der Waals surface area contributed by atoms with E-state index in [0.717, 1.165) is 24.2 Å². The average molecular weight is 348 g/mol. The first-order valence-electron chi connectivity index (χ1n) is 6.57. The Kier molecular flexibility index (Phi) is 6.11. The minimum atomic E-state index is -0.830. The molecule has 0 fully saturated rings. The van der Waals surface area contributed by atoms with Gasteiger partial charge in [-0.25, -0.2) is 8.78 Å². The third-order valence-electron chi connectivity index (χ3n) is 3.23. The van der Waals surface area contributed by atoms with Gasteiger partial charge >= 0.3 is 0 Å². The van der Waals surface area contributed by atoms with E-state index in [4.69, 9.17) is 0 Å². The fraction of sp³-hybridized carbons (Fsp3) is 0.533. The molecule has 0 heterocycles. The summed E-state index contributed by atoms with van der Waals surface area (Å²) >= 11 is 3.36. The Labute approximate surface area is 127 Å². The van der Waals surface area contributed by atoms with Crippen LogP contribution < -0.4 is 5.32 Å². The quantitative estimate of drug-likeness (QED) is 0.767. The first-order chi connectivity index (χ1) is 9.28. The van der Waals surface area contributed by atoms with E-state index < -0.39 is 23.1 Å². The summed E-state index contributed by atoms with van der Waals surface area (Å²) in [4.78, 5) is 12.0. The Bertz CT molecular complexity index is 489. The van der Waals surface area contributed by atoms with Crippen molar-refractivity contribution in [3.63, 3.8) is 0 Å². The van der Waals surface area contributed by atoms with Gasteiger partial charge in [-0.05, 0) is 36.8 Å². The van der Waals surface area contributed by atoms with Crippen LogP contribution >= 0.6 is 15.9 Å². The summed E-state index contributed by atoms with van der Waals surface area (Å²) in [5, 5.41) is 3.52. The van der Waals surface area contributed by atoms with Gasteiger partial charge in [0.05, 0.1) is 0 Å². The molecule has 0 saturated carbocycles. The molecule has 2 nitrogen and oxygen atoms in total. The highest BCUT2D eigenvalue weighted by molar-refractivity contribution is 9.09. The fourth-order valence-corrected chi connectivity index (χ4v) is 2.19. The van der Waals surface area contributed by atoms with Crippen molar-refractivity contribution in [2.45, 2.75) is 33.6 Å². The van der Waals surface area contributed by atoms with Gasteiger partial charge < -0.3 is 5.32 Å². The van der Waals surface area contributed by atoms with E-state index in [1.54, 1.807) is 0 Å². The zero-order valence-corrected chi connectivity index (χ0v) is 13.6. The van der Waals surface area contributed by atoms with Crippen LogP contribution in [0.2, 0.25) is 0 Å². The largest absolute Gasteiger partial charge is 0.351 e. The number of nitrogens with one attached hydrogen (secondary N) is 1. The van der Waals surface area contributed by atoms with Crippen LogP contribution in [0.4, 0.5) is 8.78 Å². The van der Waals surface area contributed by atoms with Crippen LogP contribution in [0.25, 0.3) is 0 Å². The molecule has 1 rings (SSSR count). The molecule has 5 heteroatoms. The molecule has 1 N–H and O–H groups in total. The van der Waals surface area contributed by atoms with Gasteiger partial charge in [-0.2, -0.15) is 0 Å². The van der Waals surface area contributed by atoms with E-state index in [9.17, 15) is 13.6 Å². The fourth-order valence-electron chi connectivity index (χ4n) is 1.91. The topological polar surface area (TPSA) is 29.1 Å². The number of benzene rings is 1. The van der Waals surface area contributed by atoms with Crippen molar-refractivity contribution >= 4 is 21.8 Å². The number of hydrogen-bond donors (Lipinski definition) is 1. The maximum atomic E-state index is 13.8. The monoisotopic (exact) mass is 347 g/mol. The highest BCUT2D eigenvalue weighted by Crippen LogP contribution is 2.22. The summed E-state index contributed by atoms with van der Waals surface area (Å²) in [5.74, 6) is -2.32. The zero-order valence-electron chi connectivity index (χ0n) is 12.0. The molecule has 1 aromatic carbocycles. The lowest BCUT2D eigenvalue weighted by Crippen LogP contribution is -2.35. The van der Waals surface area contributed by atoms with Gasteiger partial charge in [0, 0.05) is 11.9 Å². The minimum absolute atomic E-state index is 0.111. The van der Waals surface area contributed by atoms with Gasteiger partial charge in [-0.3, -0.25) is 4.79 Å². The second-order valence-electron chi connectivity index (χ2n) is 5.69. The van der Waals surface area contributed by atoms with Crippen molar-refractivity contribution in [3.05, 3.63) is 34.9 Å². The van der Waals surface area contributed by atoms with E-state index in [-0.39, 0.29) is 11.0 Å². The lowest BCUT2D eigenvalue weighted by Gasteiger charge is -2.24. The third kappa shape index (κ3) is 4.54. The summed E-state index contributed by atoms with van der Waals surface area (Å²) in [7, 11) is 0. The molecule has 1 aromatic rings. The van der Waals surface area contributed by atoms with Gasteiger partial charge in [0.2, 0.25) is 0 Å². The number of halogens is 3.